The Hall–Kier alpha value is -0.570. The van der Waals surface area contributed by atoms with E-state index in [-0.39, 0.29) is 0 Å². The van der Waals surface area contributed by atoms with Gasteiger partial charge in [-0.15, -0.1) is 0 Å². The molecule has 2 nitrogen and oxygen atoms in total. The lowest BCUT2D eigenvalue weighted by Gasteiger charge is -2.08. The van der Waals surface area contributed by atoms with E-state index in [0.717, 1.165) is 5.56 Å². The molecule has 3 heteroatoms. The minimum Gasteiger partial charge on any atom is -0.390 e. The fraction of sp³-hybridized carbons (Fsp3) is 0.333. The topological polar surface area (TPSA) is 40.5 Å². The molecule has 0 unspecified atom stereocenters. The molecule has 0 radical (unpaired) electrons. The second-order valence-corrected chi connectivity index (χ2v) is 3.44. The fourth-order valence-electron chi connectivity index (χ4n) is 1.62. The third-order valence-electron chi connectivity index (χ3n) is 2.23. The van der Waals surface area contributed by atoms with E-state index < -0.39 is 12.2 Å². The molecule has 0 heterocycles. The van der Waals surface area contributed by atoms with Gasteiger partial charge in [0.25, 0.3) is 0 Å². The summed E-state index contributed by atoms with van der Waals surface area (Å²) in [5, 5.41) is 19.4. The molecule has 2 rings (SSSR count). The van der Waals surface area contributed by atoms with E-state index in [4.69, 9.17) is 11.6 Å². The lowest BCUT2D eigenvalue weighted by Crippen LogP contribution is -2.12. The normalized spacial score (nSPS) is 27.2. The molecule has 64 valence electrons. The van der Waals surface area contributed by atoms with Gasteiger partial charge in [0.05, 0.1) is 6.10 Å². The average molecular weight is 185 g/mol. The minimum atomic E-state index is -0.811. The van der Waals surface area contributed by atoms with E-state index >= 15 is 0 Å². The Morgan fingerprint density at radius 3 is 2.75 bits per heavy atom. The zero-order valence-corrected chi connectivity index (χ0v) is 7.12. The minimum absolute atomic E-state index is 0.497. The molecule has 0 bridgehead atoms. The maximum Gasteiger partial charge on any atom is 0.107 e. The van der Waals surface area contributed by atoms with Crippen LogP contribution in [0.2, 0.25) is 5.02 Å². The van der Waals surface area contributed by atoms with Crippen LogP contribution in [0.4, 0.5) is 0 Å². The second-order valence-electron chi connectivity index (χ2n) is 3.03. The molecule has 0 saturated carbocycles. The molecule has 2 atom stereocenters. The first-order valence-electron chi connectivity index (χ1n) is 3.83. The maximum absolute atomic E-state index is 9.50. The Morgan fingerprint density at radius 2 is 2.08 bits per heavy atom. The number of halogens is 1. The highest BCUT2D eigenvalue weighted by molar-refractivity contribution is 6.31. The number of fused-ring (bicyclic) bond motifs is 1. The predicted molar refractivity (Wildman–Crippen MR) is 46.1 cm³/mol. The number of benzene rings is 1. The van der Waals surface area contributed by atoms with Crippen LogP contribution in [-0.2, 0) is 6.42 Å². The molecule has 12 heavy (non-hydrogen) atoms. The zero-order chi connectivity index (χ0) is 8.72. The van der Waals surface area contributed by atoms with Crippen LogP contribution in [0.1, 0.15) is 17.2 Å². The van der Waals surface area contributed by atoms with E-state index in [0.29, 0.717) is 17.0 Å². The van der Waals surface area contributed by atoms with Crippen molar-refractivity contribution in [1.82, 2.24) is 0 Å². The summed E-state index contributed by atoms with van der Waals surface area (Å²) in [4.78, 5) is 0. The van der Waals surface area contributed by atoms with Crippen LogP contribution in [-0.4, -0.2) is 16.3 Å². The van der Waals surface area contributed by atoms with Gasteiger partial charge in [-0.25, -0.2) is 0 Å². The van der Waals surface area contributed by atoms with Crippen molar-refractivity contribution in [3.8, 4) is 0 Å². The van der Waals surface area contributed by atoms with Gasteiger partial charge in [-0.1, -0.05) is 23.7 Å². The van der Waals surface area contributed by atoms with E-state index in [9.17, 15) is 10.2 Å². The molecule has 0 amide bonds. The number of aliphatic hydroxyl groups excluding tert-OH is 2. The van der Waals surface area contributed by atoms with Gasteiger partial charge in [0.2, 0.25) is 0 Å². The molecule has 2 N–H and O–H groups in total. The maximum atomic E-state index is 9.50. The van der Waals surface area contributed by atoms with Crippen molar-refractivity contribution >= 4 is 11.6 Å². The number of rotatable bonds is 0. The Labute approximate surface area is 75.4 Å². The molecule has 1 aromatic carbocycles. The second kappa shape index (κ2) is 2.73. The van der Waals surface area contributed by atoms with E-state index in [1.807, 2.05) is 12.1 Å². The van der Waals surface area contributed by atoms with Crippen LogP contribution in [0.15, 0.2) is 18.2 Å². The van der Waals surface area contributed by atoms with Gasteiger partial charge in [0, 0.05) is 17.0 Å². The van der Waals surface area contributed by atoms with Gasteiger partial charge in [0.15, 0.2) is 0 Å². The summed E-state index contributed by atoms with van der Waals surface area (Å²) >= 11 is 5.86. The van der Waals surface area contributed by atoms with Crippen LogP contribution < -0.4 is 0 Å². The molecule has 0 spiro atoms. The summed E-state index contributed by atoms with van der Waals surface area (Å²) in [6, 6.07) is 5.42. The first-order valence-corrected chi connectivity index (χ1v) is 4.21. The quantitative estimate of drug-likeness (QED) is 0.638. The molecule has 1 aromatic rings. The van der Waals surface area contributed by atoms with Crippen molar-refractivity contribution in [3.63, 3.8) is 0 Å². The highest BCUT2D eigenvalue weighted by Crippen LogP contribution is 2.36. The Bertz CT molecular complexity index is 311. The Kier molecular flexibility index (Phi) is 1.83. The molecule has 0 aliphatic heterocycles. The number of hydrogen-bond donors (Lipinski definition) is 2. The van der Waals surface area contributed by atoms with Crippen molar-refractivity contribution in [2.24, 2.45) is 0 Å². The van der Waals surface area contributed by atoms with Crippen LogP contribution in [0.3, 0.4) is 0 Å². The van der Waals surface area contributed by atoms with Crippen molar-refractivity contribution in [3.05, 3.63) is 34.3 Å². The van der Waals surface area contributed by atoms with Gasteiger partial charge < -0.3 is 10.2 Å². The van der Waals surface area contributed by atoms with E-state index in [2.05, 4.69) is 0 Å². The molecule has 0 fully saturated rings. The van der Waals surface area contributed by atoms with E-state index in [1.165, 1.54) is 0 Å². The van der Waals surface area contributed by atoms with Crippen molar-refractivity contribution < 1.29 is 10.2 Å². The monoisotopic (exact) mass is 184 g/mol. The molecule has 1 aliphatic rings. The third-order valence-corrected chi connectivity index (χ3v) is 2.56. The number of aliphatic hydroxyl groups is 2. The fourth-order valence-corrected chi connectivity index (χ4v) is 1.93. The van der Waals surface area contributed by atoms with Gasteiger partial charge in [-0.3, -0.25) is 0 Å². The molecule has 0 aromatic heterocycles. The van der Waals surface area contributed by atoms with Gasteiger partial charge in [0.1, 0.15) is 6.10 Å². The van der Waals surface area contributed by atoms with E-state index in [1.54, 1.807) is 6.07 Å². The highest BCUT2D eigenvalue weighted by Gasteiger charge is 2.30. The first kappa shape index (κ1) is 8.05. The standard InChI is InChI=1S/C9H9ClO2/c10-6-3-1-2-5-4-7(11)9(12)8(5)6/h1-3,7,9,11-12H,4H2/t7-,9-/m0/s1. The molecular formula is C9H9ClO2. The van der Waals surface area contributed by atoms with Gasteiger partial charge >= 0.3 is 0 Å². The SMILES string of the molecule is O[C@@H]1c2c(Cl)cccc2C[C@@H]1O. The summed E-state index contributed by atoms with van der Waals surface area (Å²) in [6.07, 6.45) is -1.01. The third kappa shape index (κ3) is 1.04. The lowest BCUT2D eigenvalue weighted by atomic mass is 10.1. The summed E-state index contributed by atoms with van der Waals surface area (Å²) < 4.78 is 0. The summed E-state index contributed by atoms with van der Waals surface area (Å²) in [7, 11) is 0. The van der Waals surface area contributed by atoms with Crippen molar-refractivity contribution in [1.29, 1.82) is 0 Å². The van der Waals surface area contributed by atoms with Crippen LogP contribution in [0, 0.1) is 0 Å². The van der Waals surface area contributed by atoms with Crippen molar-refractivity contribution in [2.75, 3.05) is 0 Å². The summed E-state index contributed by atoms with van der Waals surface area (Å²) in [5.41, 5.74) is 1.63. The summed E-state index contributed by atoms with van der Waals surface area (Å²) in [6.45, 7) is 0. The predicted octanol–water partition coefficient (Wildman–Crippen LogP) is 1.29. The van der Waals surface area contributed by atoms with Crippen LogP contribution >= 0.6 is 11.6 Å². The largest absolute Gasteiger partial charge is 0.390 e. The molecular weight excluding hydrogens is 176 g/mol. The lowest BCUT2D eigenvalue weighted by molar-refractivity contribution is 0.0327. The first-order chi connectivity index (χ1) is 5.70. The average Bonchev–Trinajstić information content (AvgIpc) is 2.29. The highest BCUT2D eigenvalue weighted by atomic mass is 35.5. The smallest absolute Gasteiger partial charge is 0.107 e. The van der Waals surface area contributed by atoms with Crippen LogP contribution in [0.5, 0.6) is 0 Å². The Morgan fingerprint density at radius 1 is 1.33 bits per heavy atom. The van der Waals surface area contributed by atoms with Crippen LogP contribution in [0.25, 0.3) is 0 Å². The van der Waals surface area contributed by atoms with Gasteiger partial charge in [-0.2, -0.15) is 0 Å². The van der Waals surface area contributed by atoms with Gasteiger partial charge in [-0.05, 0) is 11.6 Å². The zero-order valence-electron chi connectivity index (χ0n) is 6.37. The van der Waals surface area contributed by atoms with Crippen molar-refractivity contribution in [2.45, 2.75) is 18.6 Å². The molecule has 0 saturated heterocycles. The number of hydrogen-bond acceptors (Lipinski definition) is 2. The molecule has 1 aliphatic carbocycles. The Balaban J connectivity index is 2.55. The summed E-state index contributed by atoms with van der Waals surface area (Å²) in [5.74, 6) is 0.